The summed E-state index contributed by atoms with van der Waals surface area (Å²) in [5, 5.41) is 0. The van der Waals surface area contributed by atoms with Crippen molar-refractivity contribution in [1.82, 2.24) is 4.72 Å². The molecular weight excluding hydrogens is 252 g/mol. The maximum atomic E-state index is 12.0. The van der Waals surface area contributed by atoms with Crippen LogP contribution in [0.4, 0.5) is 5.69 Å². The molecule has 0 aliphatic carbocycles. The summed E-state index contributed by atoms with van der Waals surface area (Å²) in [5.74, 6) is -0.0388. The molecule has 0 aromatic heterocycles. The van der Waals surface area contributed by atoms with Gasteiger partial charge in [-0.05, 0) is 31.0 Å². The lowest BCUT2D eigenvalue weighted by Gasteiger charge is -2.23. The third-order valence-corrected chi connectivity index (χ3v) is 4.47. The van der Waals surface area contributed by atoms with Gasteiger partial charge in [0.15, 0.2) is 0 Å². The van der Waals surface area contributed by atoms with Gasteiger partial charge in [0.2, 0.25) is 10.0 Å². The normalized spacial score (nSPS) is 24.3. The van der Waals surface area contributed by atoms with Crippen LogP contribution in [0.15, 0.2) is 24.3 Å². The topological polar surface area (TPSA) is 81.4 Å². The van der Waals surface area contributed by atoms with Crippen molar-refractivity contribution in [2.45, 2.75) is 24.6 Å². The average molecular weight is 270 g/mol. The van der Waals surface area contributed by atoms with Crippen LogP contribution in [0.5, 0.6) is 0 Å². The molecule has 0 bridgehead atoms. The van der Waals surface area contributed by atoms with E-state index >= 15 is 0 Å². The van der Waals surface area contributed by atoms with Gasteiger partial charge >= 0.3 is 0 Å². The molecule has 1 fully saturated rings. The van der Waals surface area contributed by atoms with E-state index in [0.717, 1.165) is 5.56 Å². The van der Waals surface area contributed by atoms with Crippen LogP contribution in [0.25, 0.3) is 0 Å². The number of nitrogen functional groups attached to an aromatic ring is 1. The van der Waals surface area contributed by atoms with Crippen LogP contribution >= 0.6 is 0 Å². The van der Waals surface area contributed by atoms with Crippen LogP contribution in [-0.2, 0) is 20.5 Å². The second-order valence-corrected chi connectivity index (χ2v) is 6.69. The van der Waals surface area contributed by atoms with Gasteiger partial charge in [0.05, 0.1) is 17.9 Å². The Morgan fingerprint density at radius 1 is 1.39 bits per heavy atom. The maximum Gasteiger partial charge on any atom is 0.216 e. The maximum absolute atomic E-state index is 12.0. The largest absolute Gasteiger partial charge is 0.399 e. The number of hydrogen-bond acceptors (Lipinski definition) is 4. The zero-order chi connectivity index (χ0) is 13.2. The monoisotopic (exact) mass is 270 g/mol. The summed E-state index contributed by atoms with van der Waals surface area (Å²) in [6.45, 7) is 2.88. The van der Waals surface area contributed by atoms with Crippen molar-refractivity contribution in [2.24, 2.45) is 0 Å². The van der Waals surface area contributed by atoms with Gasteiger partial charge < -0.3 is 10.5 Å². The van der Waals surface area contributed by atoms with Gasteiger partial charge in [0.25, 0.3) is 0 Å². The minimum absolute atomic E-state index is 0.0388. The number of hydrogen-bond donors (Lipinski definition) is 2. The molecule has 0 amide bonds. The van der Waals surface area contributed by atoms with Gasteiger partial charge in [-0.25, -0.2) is 13.1 Å². The van der Waals surface area contributed by atoms with Crippen molar-refractivity contribution in [3.8, 4) is 0 Å². The van der Waals surface area contributed by atoms with Crippen molar-refractivity contribution >= 4 is 15.7 Å². The first kappa shape index (κ1) is 13.3. The number of rotatable bonds is 4. The van der Waals surface area contributed by atoms with Crippen molar-refractivity contribution in [3.05, 3.63) is 29.8 Å². The first-order valence-electron chi connectivity index (χ1n) is 5.82. The van der Waals surface area contributed by atoms with Crippen molar-refractivity contribution in [3.63, 3.8) is 0 Å². The smallest absolute Gasteiger partial charge is 0.216 e. The Bertz CT molecular complexity index is 505. The lowest BCUT2D eigenvalue weighted by Crippen LogP contribution is -2.46. The number of sulfonamides is 1. The van der Waals surface area contributed by atoms with E-state index in [0.29, 0.717) is 25.3 Å². The Hall–Kier alpha value is -1.11. The lowest BCUT2D eigenvalue weighted by molar-refractivity contribution is 0.178. The standard InChI is InChI=1S/C12H18N2O3S/c1-12(6-7-17-9-12)14-18(15,16)8-10-2-4-11(13)5-3-10/h2-5,14H,6-9,13H2,1H3. The van der Waals surface area contributed by atoms with Gasteiger partial charge in [0.1, 0.15) is 0 Å². The van der Waals surface area contributed by atoms with Crippen molar-refractivity contribution in [1.29, 1.82) is 0 Å². The first-order chi connectivity index (χ1) is 8.39. The highest BCUT2D eigenvalue weighted by Crippen LogP contribution is 2.20. The highest BCUT2D eigenvalue weighted by Gasteiger charge is 2.33. The molecule has 18 heavy (non-hydrogen) atoms. The molecule has 1 atom stereocenters. The Morgan fingerprint density at radius 2 is 2.06 bits per heavy atom. The molecule has 1 heterocycles. The van der Waals surface area contributed by atoms with Crippen LogP contribution in [0.1, 0.15) is 18.9 Å². The molecule has 0 radical (unpaired) electrons. The predicted molar refractivity (Wildman–Crippen MR) is 70.5 cm³/mol. The Labute approximate surface area is 107 Å². The first-order valence-corrected chi connectivity index (χ1v) is 7.48. The fourth-order valence-corrected chi connectivity index (χ4v) is 3.61. The van der Waals surface area contributed by atoms with Gasteiger partial charge in [0, 0.05) is 12.3 Å². The van der Waals surface area contributed by atoms with E-state index in [2.05, 4.69) is 4.72 Å². The Balaban J connectivity index is 2.05. The van der Waals surface area contributed by atoms with Crippen LogP contribution in [-0.4, -0.2) is 27.2 Å². The van der Waals surface area contributed by atoms with E-state index in [9.17, 15) is 8.42 Å². The zero-order valence-electron chi connectivity index (χ0n) is 10.3. The molecule has 1 aliphatic rings. The average Bonchev–Trinajstić information content (AvgIpc) is 2.67. The van der Waals surface area contributed by atoms with Crippen LogP contribution in [0.3, 0.4) is 0 Å². The summed E-state index contributed by atoms with van der Waals surface area (Å²) in [6, 6.07) is 6.85. The third kappa shape index (κ3) is 3.44. The molecule has 100 valence electrons. The minimum atomic E-state index is -3.36. The molecule has 1 aromatic rings. The molecule has 5 nitrogen and oxygen atoms in total. The summed E-state index contributed by atoms with van der Waals surface area (Å²) < 4.78 is 32.0. The minimum Gasteiger partial charge on any atom is -0.399 e. The second kappa shape index (κ2) is 4.87. The summed E-state index contributed by atoms with van der Waals surface area (Å²) >= 11 is 0. The number of anilines is 1. The molecule has 3 N–H and O–H groups in total. The molecule has 1 aliphatic heterocycles. The lowest BCUT2D eigenvalue weighted by atomic mass is 10.0. The van der Waals surface area contributed by atoms with Crippen molar-refractivity contribution in [2.75, 3.05) is 18.9 Å². The van der Waals surface area contributed by atoms with Crippen LogP contribution in [0, 0.1) is 0 Å². The molecule has 1 saturated heterocycles. The van der Waals surface area contributed by atoms with Gasteiger partial charge in [-0.2, -0.15) is 0 Å². The number of nitrogens with one attached hydrogen (secondary N) is 1. The third-order valence-electron chi connectivity index (χ3n) is 2.96. The van der Waals surface area contributed by atoms with E-state index in [-0.39, 0.29) is 5.75 Å². The highest BCUT2D eigenvalue weighted by molar-refractivity contribution is 7.88. The number of ether oxygens (including phenoxy) is 1. The molecule has 2 rings (SSSR count). The summed E-state index contributed by atoms with van der Waals surface area (Å²) in [5.41, 5.74) is 6.43. The van der Waals surface area contributed by atoms with E-state index in [1.54, 1.807) is 24.3 Å². The van der Waals surface area contributed by atoms with Gasteiger partial charge in [-0.1, -0.05) is 12.1 Å². The van der Waals surface area contributed by atoms with Gasteiger partial charge in [-0.15, -0.1) is 0 Å². The Kier molecular flexibility index (Phi) is 3.61. The summed E-state index contributed by atoms with van der Waals surface area (Å²) in [7, 11) is -3.36. The number of nitrogens with two attached hydrogens (primary N) is 1. The molecule has 1 unspecified atom stereocenters. The van der Waals surface area contributed by atoms with E-state index in [1.807, 2.05) is 6.92 Å². The van der Waals surface area contributed by atoms with E-state index in [4.69, 9.17) is 10.5 Å². The summed E-state index contributed by atoms with van der Waals surface area (Å²) in [6.07, 6.45) is 0.702. The van der Waals surface area contributed by atoms with Crippen LogP contribution in [0.2, 0.25) is 0 Å². The predicted octanol–water partition coefficient (Wildman–Crippen LogP) is 0.867. The highest BCUT2D eigenvalue weighted by atomic mass is 32.2. The quantitative estimate of drug-likeness (QED) is 0.795. The molecule has 6 heteroatoms. The fraction of sp³-hybridized carbons (Fsp3) is 0.500. The number of benzene rings is 1. The van der Waals surface area contributed by atoms with Crippen LogP contribution < -0.4 is 10.5 Å². The zero-order valence-corrected chi connectivity index (χ0v) is 11.2. The Morgan fingerprint density at radius 3 is 2.61 bits per heavy atom. The van der Waals surface area contributed by atoms with Gasteiger partial charge in [-0.3, -0.25) is 0 Å². The second-order valence-electron chi connectivity index (χ2n) is 4.97. The fourth-order valence-electron chi connectivity index (χ4n) is 1.99. The van der Waals surface area contributed by atoms with Crippen molar-refractivity contribution < 1.29 is 13.2 Å². The summed E-state index contributed by atoms with van der Waals surface area (Å²) in [4.78, 5) is 0. The molecule has 0 spiro atoms. The molecule has 0 saturated carbocycles. The molecular formula is C12H18N2O3S. The van der Waals surface area contributed by atoms with E-state index in [1.165, 1.54) is 0 Å². The van der Waals surface area contributed by atoms with E-state index < -0.39 is 15.6 Å². The SMILES string of the molecule is CC1(NS(=O)(=O)Cc2ccc(N)cc2)CCOC1. The molecule has 1 aromatic carbocycles.